The number of nitrogens with one attached hydrogen (secondary N) is 1. The number of aromatic amines is 1. The maximum absolute atomic E-state index is 4.50. The van der Waals surface area contributed by atoms with Crippen LogP contribution in [0.1, 0.15) is 41.9 Å². The summed E-state index contributed by atoms with van der Waals surface area (Å²) in [4.78, 5) is 12.8. The maximum Gasteiger partial charge on any atom is 0.174 e. The monoisotopic (exact) mass is 393 g/mol. The van der Waals surface area contributed by atoms with Crippen molar-refractivity contribution in [2.45, 2.75) is 48.6 Å². The summed E-state index contributed by atoms with van der Waals surface area (Å²) in [6.45, 7) is 3.36. The molecule has 0 aliphatic carbocycles. The number of H-pyrrole nitrogens is 1. The number of rotatable bonds is 5. The predicted molar refractivity (Wildman–Crippen MR) is 106 cm³/mol. The van der Waals surface area contributed by atoms with Gasteiger partial charge in [0, 0.05) is 36.7 Å². The lowest BCUT2D eigenvalue weighted by Gasteiger charge is -2.32. The Morgan fingerprint density at radius 2 is 2.04 bits per heavy atom. The summed E-state index contributed by atoms with van der Waals surface area (Å²) in [5.74, 6) is 1.60. The highest BCUT2D eigenvalue weighted by atomic mass is 32.2. The van der Waals surface area contributed by atoms with Gasteiger partial charge < -0.3 is 0 Å². The minimum Gasteiger partial charge on any atom is -0.299 e. The molecule has 1 N–H and O–H groups in total. The number of aryl methyl sites for hydroxylation is 1. The summed E-state index contributed by atoms with van der Waals surface area (Å²) in [6.07, 6.45) is 9.03. The number of benzene rings is 1. The van der Waals surface area contributed by atoms with Gasteiger partial charge in [-0.2, -0.15) is 5.21 Å². The Hall–Kier alpha value is -2.32. The van der Waals surface area contributed by atoms with E-state index >= 15 is 0 Å². The van der Waals surface area contributed by atoms with Gasteiger partial charge in [-0.3, -0.25) is 9.88 Å². The van der Waals surface area contributed by atoms with Gasteiger partial charge in [0.15, 0.2) is 5.82 Å². The third-order valence-electron chi connectivity index (χ3n) is 5.70. The average molecular weight is 394 g/mol. The quantitative estimate of drug-likeness (QED) is 0.558. The van der Waals surface area contributed by atoms with Gasteiger partial charge in [-0.1, -0.05) is 29.1 Å². The van der Waals surface area contributed by atoms with Crippen molar-refractivity contribution in [2.75, 3.05) is 13.1 Å². The van der Waals surface area contributed by atoms with E-state index in [1.807, 2.05) is 0 Å². The summed E-state index contributed by atoms with van der Waals surface area (Å²) in [5.41, 5.74) is 3.88. The van der Waals surface area contributed by atoms with Gasteiger partial charge in [0.1, 0.15) is 5.03 Å². The summed E-state index contributed by atoms with van der Waals surface area (Å²) < 4.78 is 0. The van der Waals surface area contributed by atoms with E-state index < -0.39 is 0 Å². The lowest BCUT2D eigenvalue weighted by molar-refractivity contribution is 0.172. The normalized spacial score (nSPS) is 17.3. The predicted octanol–water partition coefficient (Wildman–Crippen LogP) is 2.89. The molecule has 8 heteroatoms. The fraction of sp³-hybridized carbons (Fsp3) is 0.450. The number of nitrogens with zero attached hydrogens (tertiary/aromatic N) is 6. The fourth-order valence-corrected chi connectivity index (χ4v) is 5.09. The molecule has 1 fully saturated rings. The summed E-state index contributed by atoms with van der Waals surface area (Å²) in [7, 11) is 0. The van der Waals surface area contributed by atoms with Crippen molar-refractivity contribution in [3.05, 3.63) is 53.2 Å². The third-order valence-corrected chi connectivity index (χ3v) is 6.86. The molecule has 0 radical (unpaired) electrons. The van der Waals surface area contributed by atoms with Crippen LogP contribution in [0, 0.1) is 5.92 Å². The van der Waals surface area contributed by atoms with Crippen LogP contribution in [-0.2, 0) is 19.4 Å². The molecular formula is C20H23N7S. The zero-order valence-corrected chi connectivity index (χ0v) is 16.5. The Kier molecular flexibility index (Phi) is 5.05. The molecule has 5 rings (SSSR count). The largest absolute Gasteiger partial charge is 0.299 e. The standard InChI is InChI=1S/C20H23N7S/c1-3-18-16(12-17-20(28-18)22-8-7-21-17)11-15(1)13-27-9-5-14(6-10-27)2-4-19-23-25-26-24-19/h1,3,7-8,11,14H,2,4-6,9-10,12-13H2,(H,23,24,25,26). The first-order valence-corrected chi connectivity index (χ1v) is 10.7. The van der Waals surface area contributed by atoms with Crippen LogP contribution in [0.3, 0.4) is 0 Å². The van der Waals surface area contributed by atoms with Crippen molar-refractivity contribution in [3.8, 4) is 0 Å². The molecule has 1 saturated heterocycles. The van der Waals surface area contributed by atoms with E-state index in [1.54, 1.807) is 24.2 Å². The van der Waals surface area contributed by atoms with Crippen LogP contribution in [0.2, 0.25) is 0 Å². The van der Waals surface area contributed by atoms with Crippen LogP contribution in [0.25, 0.3) is 0 Å². The molecule has 7 nitrogen and oxygen atoms in total. The molecule has 0 atom stereocenters. The van der Waals surface area contributed by atoms with Crippen molar-refractivity contribution >= 4 is 11.8 Å². The molecule has 0 amide bonds. The van der Waals surface area contributed by atoms with Crippen molar-refractivity contribution in [1.29, 1.82) is 0 Å². The summed E-state index contributed by atoms with van der Waals surface area (Å²) >= 11 is 1.74. The van der Waals surface area contributed by atoms with Crippen molar-refractivity contribution in [1.82, 2.24) is 35.5 Å². The lowest BCUT2D eigenvalue weighted by Crippen LogP contribution is -2.33. The van der Waals surface area contributed by atoms with Crippen LogP contribution in [0.5, 0.6) is 0 Å². The molecule has 2 aliphatic rings. The molecule has 2 aliphatic heterocycles. The van der Waals surface area contributed by atoms with Gasteiger partial charge in [0.2, 0.25) is 0 Å². The Labute approximate surface area is 168 Å². The minimum absolute atomic E-state index is 0.768. The molecule has 4 heterocycles. The lowest BCUT2D eigenvalue weighted by atomic mass is 9.92. The highest BCUT2D eigenvalue weighted by Crippen LogP contribution is 2.37. The SMILES string of the molecule is c1cnc2c(n1)Cc1cc(CN3CCC(CCc4nn[nH]n4)CC3)ccc1S2. The van der Waals surface area contributed by atoms with E-state index in [-0.39, 0.29) is 0 Å². The fourth-order valence-electron chi connectivity index (χ4n) is 4.13. The Bertz CT molecular complexity index is 935. The molecule has 0 bridgehead atoms. The number of tetrazole rings is 1. The zero-order chi connectivity index (χ0) is 18.8. The number of fused-ring (bicyclic) bond motifs is 2. The van der Waals surface area contributed by atoms with Gasteiger partial charge in [-0.25, -0.2) is 4.98 Å². The first-order chi connectivity index (χ1) is 13.8. The molecule has 0 spiro atoms. The van der Waals surface area contributed by atoms with Gasteiger partial charge in [-0.15, -0.1) is 10.2 Å². The topological polar surface area (TPSA) is 83.5 Å². The van der Waals surface area contributed by atoms with E-state index in [0.29, 0.717) is 0 Å². The van der Waals surface area contributed by atoms with E-state index in [0.717, 1.165) is 61.4 Å². The zero-order valence-electron chi connectivity index (χ0n) is 15.7. The molecular weight excluding hydrogens is 370 g/mol. The van der Waals surface area contributed by atoms with Crippen molar-refractivity contribution in [3.63, 3.8) is 0 Å². The van der Waals surface area contributed by atoms with Crippen molar-refractivity contribution in [2.24, 2.45) is 5.92 Å². The number of hydrogen-bond donors (Lipinski definition) is 1. The van der Waals surface area contributed by atoms with Gasteiger partial charge in [0.25, 0.3) is 0 Å². The minimum atomic E-state index is 0.768. The Balaban J connectivity index is 1.16. The molecule has 0 saturated carbocycles. The number of aromatic nitrogens is 6. The van der Waals surface area contributed by atoms with Crippen LogP contribution in [0.15, 0.2) is 40.5 Å². The molecule has 3 aromatic rings. The second-order valence-electron chi connectivity index (χ2n) is 7.62. The van der Waals surface area contributed by atoms with Gasteiger partial charge >= 0.3 is 0 Å². The van der Waals surface area contributed by atoms with Crippen LogP contribution < -0.4 is 0 Å². The Morgan fingerprint density at radius 1 is 1.14 bits per heavy atom. The van der Waals surface area contributed by atoms with Gasteiger partial charge in [-0.05, 0) is 55.5 Å². The van der Waals surface area contributed by atoms with Gasteiger partial charge in [0.05, 0.1) is 5.69 Å². The summed E-state index contributed by atoms with van der Waals surface area (Å²) in [5, 5.41) is 15.3. The molecule has 28 heavy (non-hydrogen) atoms. The first kappa shape index (κ1) is 17.8. The number of piperidine rings is 1. The second kappa shape index (κ2) is 7.97. The molecule has 144 valence electrons. The van der Waals surface area contributed by atoms with E-state index in [2.05, 4.69) is 53.7 Å². The number of hydrogen-bond acceptors (Lipinski definition) is 7. The number of likely N-dealkylation sites (tertiary alicyclic amines) is 1. The van der Waals surface area contributed by atoms with Crippen LogP contribution >= 0.6 is 11.8 Å². The highest BCUT2D eigenvalue weighted by molar-refractivity contribution is 7.99. The first-order valence-electron chi connectivity index (χ1n) is 9.88. The molecule has 2 aromatic heterocycles. The van der Waals surface area contributed by atoms with Crippen molar-refractivity contribution < 1.29 is 0 Å². The summed E-state index contributed by atoms with van der Waals surface area (Å²) in [6, 6.07) is 6.89. The van der Waals surface area contributed by atoms with Crippen LogP contribution in [0.4, 0.5) is 0 Å². The smallest absolute Gasteiger partial charge is 0.174 e. The Morgan fingerprint density at radius 3 is 2.89 bits per heavy atom. The van der Waals surface area contributed by atoms with E-state index in [4.69, 9.17) is 0 Å². The molecule has 0 unspecified atom stereocenters. The van der Waals surface area contributed by atoms with E-state index in [9.17, 15) is 0 Å². The highest BCUT2D eigenvalue weighted by Gasteiger charge is 2.21. The van der Waals surface area contributed by atoms with Crippen LogP contribution in [-0.4, -0.2) is 48.6 Å². The maximum atomic E-state index is 4.50. The molecule has 1 aromatic carbocycles. The average Bonchev–Trinajstić information content (AvgIpc) is 3.25. The second-order valence-corrected chi connectivity index (χ2v) is 8.65. The third kappa shape index (κ3) is 3.93. The van der Waals surface area contributed by atoms with E-state index in [1.165, 1.54) is 28.9 Å².